The molecular weight excluding hydrogens is 312 g/mol. The zero-order chi connectivity index (χ0) is 15.9. The molecule has 1 aromatic rings. The third-order valence-corrected chi connectivity index (χ3v) is 4.27. The van der Waals surface area contributed by atoms with Crippen molar-refractivity contribution in [2.45, 2.75) is 24.0 Å². The van der Waals surface area contributed by atoms with Gasteiger partial charge in [0.2, 0.25) is 0 Å². The first kappa shape index (κ1) is 16.6. The van der Waals surface area contributed by atoms with Crippen LogP contribution in [0.4, 0.5) is 8.78 Å². The van der Waals surface area contributed by atoms with Crippen molar-refractivity contribution in [3.05, 3.63) is 41.9 Å². The van der Waals surface area contributed by atoms with E-state index in [1.54, 1.807) is 50.4 Å². The molecule has 1 aliphatic rings. The van der Waals surface area contributed by atoms with Gasteiger partial charge in [-0.05, 0) is 18.6 Å². The van der Waals surface area contributed by atoms with Crippen molar-refractivity contribution >= 4 is 11.8 Å². The minimum absolute atomic E-state index is 0.183. The number of pyridine rings is 1. The number of aromatic nitrogens is 1. The normalized spacial score (nSPS) is 17.3. The van der Waals surface area contributed by atoms with E-state index < -0.39 is 6.61 Å². The summed E-state index contributed by atoms with van der Waals surface area (Å²) >= 11 is 1.65. The molecular formula is C15H17F2NO3S. The van der Waals surface area contributed by atoms with Crippen LogP contribution in [0, 0.1) is 0 Å². The molecule has 0 aliphatic heterocycles. The summed E-state index contributed by atoms with van der Waals surface area (Å²) in [5.41, 5.74) is 0.791. The first-order valence-electron chi connectivity index (χ1n) is 6.64. The van der Waals surface area contributed by atoms with Crippen LogP contribution >= 0.6 is 11.8 Å². The van der Waals surface area contributed by atoms with Crippen molar-refractivity contribution in [3.8, 4) is 11.5 Å². The summed E-state index contributed by atoms with van der Waals surface area (Å²) in [6.07, 6.45) is 7.40. The lowest BCUT2D eigenvalue weighted by Gasteiger charge is -2.17. The quantitative estimate of drug-likeness (QED) is 0.761. The minimum Gasteiger partial charge on any atom is -0.493 e. The van der Waals surface area contributed by atoms with Crippen LogP contribution in [0.1, 0.15) is 12.1 Å². The third-order valence-electron chi connectivity index (χ3n) is 3.05. The lowest BCUT2D eigenvalue weighted by molar-refractivity contribution is -0.0924. The number of alkyl halides is 2. The maximum atomic E-state index is 12.1. The lowest BCUT2D eigenvalue weighted by Crippen LogP contribution is -2.06. The molecule has 0 fully saturated rings. The molecule has 0 saturated carbocycles. The Balaban J connectivity index is 1.93. The average Bonchev–Trinajstić information content (AvgIpc) is 2.53. The second-order valence-corrected chi connectivity index (χ2v) is 5.65. The Morgan fingerprint density at radius 2 is 2.18 bits per heavy atom. The standard InChI is InChI=1S/C15H17F2NO3S/c1-19-13-7-8-18-12(14(13)20-2)9-22-11-5-3-10(4-6-11)21-15(16)17/h3-5,7-8,11,15H,6,9H2,1-2H3. The predicted molar refractivity (Wildman–Crippen MR) is 81.4 cm³/mol. The zero-order valence-electron chi connectivity index (χ0n) is 12.3. The van der Waals surface area contributed by atoms with E-state index in [9.17, 15) is 8.78 Å². The highest BCUT2D eigenvalue weighted by Gasteiger charge is 2.16. The fourth-order valence-electron chi connectivity index (χ4n) is 2.03. The Bertz CT molecular complexity index is 564. The summed E-state index contributed by atoms with van der Waals surface area (Å²) in [7, 11) is 3.15. The van der Waals surface area contributed by atoms with Crippen molar-refractivity contribution in [3.63, 3.8) is 0 Å². The number of allylic oxidation sites excluding steroid dienone is 2. The van der Waals surface area contributed by atoms with Gasteiger partial charge in [-0.15, -0.1) is 11.8 Å². The molecule has 7 heteroatoms. The van der Waals surface area contributed by atoms with Crippen LogP contribution in [0.25, 0.3) is 0 Å². The molecule has 1 aromatic heterocycles. The van der Waals surface area contributed by atoms with E-state index in [1.807, 2.05) is 6.08 Å². The number of methoxy groups -OCH3 is 2. The molecule has 0 aromatic carbocycles. The molecule has 1 aliphatic carbocycles. The highest BCUT2D eigenvalue weighted by atomic mass is 32.2. The minimum atomic E-state index is -2.79. The van der Waals surface area contributed by atoms with E-state index in [0.29, 0.717) is 23.7 Å². The highest BCUT2D eigenvalue weighted by Crippen LogP contribution is 2.33. The van der Waals surface area contributed by atoms with Gasteiger partial charge in [0.25, 0.3) is 0 Å². The van der Waals surface area contributed by atoms with E-state index in [-0.39, 0.29) is 11.0 Å². The molecule has 4 nitrogen and oxygen atoms in total. The third kappa shape index (κ3) is 4.37. The molecule has 0 radical (unpaired) electrons. The lowest BCUT2D eigenvalue weighted by atomic mass is 10.2. The molecule has 2 rings (SSSR count). The van der Waals surface area contributed by atoms with Crippen LogP contribution in [0.3, 0.4) is 0 Å². The Morgan fingerprint density at radius 3 is 2.77 bits per heavy atom. The van der Waals surface area contributed by atoms with Gasteiger partial charge in [0.05, 0.1) is 19.9 Å². The van der Waals surface area contributed by atoms with E-state index in [2.05, 4.69) is 9.72 Å². The van der Waals surface area contributed by atoms with E-state index in [1.165, 1.54) is 0 Å². The van der Waals surface area contributed by atoms with Gasteiger partial charge >= 0.3 is 6.61 Å². The number of halogens is 2. The number of ether oxygens (including phenoxy) is 3. The van der Waals surface area contributed by atoms with Crippen LogP contribution in [0.5, 0.6) is 11.5 Å². The van der Waals surface area contributed by atoms with E-state index >= 15 is 0 Å². The maximum Gasteiger partial charge on any atom is 0.387 e. The predicted octanol–water partition coefficient (Wildman–Crippen LogP) is 3.78. The number of nitrogens with zero attached hydrogens (tertiary/aromatic N) is 1. The van der Waals surface area contributed by atoms with E-state index in [4.69, 9.17) is 9.47 Å². The Morgan fingerprint density at radius 1 is 1.36 bits per heavy atom. The molecule has 0 amide bonds. The van der Waals surface area contributed by atoms with Crippen LogP contribution in [-0.4, -0.2) is 31.1 Å². The van der Waals surface area contributed by atoms with Crippen LogP contribution in [-0.2, 0) is 10.5 Å². The van der Waals surface area contributed by atoms with Crippen molar-refractivity contribution in [1.29, 1.82) is 0 Å². The SMILES string of the molecule is COc1ccnc(CSC2C=CC(OC(F)F)=CC2)c1OC. The Labute approximate surface area is 132 Å². The van der Waals surface area contributed by atoms with Crippen LogP contribution in [0.15, 0.2) is 36.3 Å². The summed E-state index contributed by atoms with van der Waals surface area (Å²) in [5.74, 6) is 2.10. The largest absolute Gasteiger partial charge is 0.493 e. The van der Waals surface area contributed by atoms with Crippen molar-refractivity contribution in [1.82, 2.24) is 4.98 Å². The fourth-order valence-corrected chi connectivity index (χ4v) is 3.03. The molecule has 0 saturated heterocycles. The van der Waals surface area contributed by atoms with Gasteiger partial charge in [0, 0.05) is 23.3 Å². The summed E-state index contributed by atoms with van der Waals surface area (Å²) in [4.78, 5) is 4.31. The summed E-state index contributed by atoms with van der Waals surface area (Å²) < 4.78 is 39.1. The monoisotopic (exact) mass is 329 g/mol. The molecule has 22 heavy (non-hydrogen) atoms. The molecule has 0 N–H and O–H groups in total. The molecule has 1 unspecified atom stereocenters. The van der Waals surface area contributed by atoms with Crippen molar-refractivity contribution in [2.24, 2.45) is 0 Å². The topological polar surface area (TPSA) is 40.6 Å². The summed E-state index contributed by atoms with van der Waals surface area (Å²) in [5, 5.41) is 0.183. The maximum absolute atomic E-state index is 12.1. The smallest absolute Gasteiger partial charge is 0.387 e. The van der Waals surface area contributed by atoms with Crippen LogP contribution in [0.2, 0.25) is 0 Å². The molecule has 1 heterocycles. The summed E-state index contributed by atoms with van der Waals surface area (Å²) in [6.45, 7) is -2.79. The molecule has 120 valence electrons. The number of hydrogen-bond acceptors (Lipinski definition) is 5. The number of rotatable bonds is 7. The highest BCUT2D eigenvalue weighted by molar-refractivity contribution is 7.99. The zero-order valence-corrected chi connectivity index (χ0v) is 13.1. The first-order chi connectivity index (χ1) is 10.6. The number of thioether (sulfide) groups is 1. The van der Waals surface area contributed by atoms with Crippen molar-refractivity contribution in [2.75, 3.05) is 14.2 Å². The molecule has 0 bridgehead atoms. The van der Waals surface area contributed by atoms with Gasteiger partial charge in [0.1, 0.15) is 5.76 Å². The van der Waals surface area contributed by atoms with Gasteiger partial charge in [-0.3, -0.25) is 4.98 Å². The second-order valence-electron chi connectivity index (χ2n) is 4.42. The Kier molecular flexibility index (Phi) is 6.06. The molecule has 0 spiro atoms. The summed E-state index contributed by atoms with van der Waals surface area (Å²) in [6, 6.07) is 1.74. The average molecular weight is 329 g/mol. The van der Waals surface area contributed by atoms with E-state index in [0.717, 1.165) is 5.69 Å². The van der Waals surface area contributed by atoms with Gasteiger partial charge in [0.15, 0.2) is 11.5 Å². The van der Waals surface area contributed by atoms with Gasteiger partial charge in [-0.25, -0.2) is 0 Å². The first-order valence-corrected chi connectivity index (χ1v) is 7.69. The fraction of sp³-hybridized carbons (Fsp3) is 0.400. The second kappa shape index (κ2) is 8.03. The van der Waals surface area contributed by atoms with Crippen molar-refractivity contribution < 1.29 is 23.0 Å². The van der Waals surface area contributed by atoms with Crippen LogP contribution < -0.4 is 9.47 Å². The molecule has 1 atom stereocenters. The number of hydrogen-bond donors (Lipinski definition) is 0. The van der Waals surface area contributed by atoms with Gasteiger partial charge < -0.3 is 14.2 Å². The van der Waals surface area contributed by atoms with Gasteiger partial charge in [-0.1, -0.05) is 6.08 Å². The Hall–Kier alpha value is -1.76. The van der Waals surface area contributed by atoms with Gasteiger partial charge in [-0.2, -0.15) is 8.78 Å².